The SMILES string of the molecule is C=C(C[N+](=O)[O-])C(F)(F)F. The van der Waals surface area contributed by atoms with Gasteiger partial charge in [0.1, 0.15) is 0 Å². The standard InChI is InChI=1S/C4H4F3NO2/c1-3(2-8(9)10)4(5,6)7/h1-2H2. The van der Waals surface area contributed by atoms with Gasteiger partial charge in [0.25, 0.3) is 0 Å². The highest BCUT2D eigenvalue weighted by molar-refractivity contribution is 5.01. The summed E-state index contributed by atoms with van der Waals surface area (Å²) >= 11 is 0. The first-order valence-electron chi connectivity index (χ1n) is 2.21. The maximum atomic E-state index is 11.4. The first-order chi connectivity index (χ1) is 4.34. The molecule has 0 aromatic carbocycles. The fourth-order valence-electron chi connectivity index (χ4n) is 0.245. The number of nitrogens with zero attached hydrogens (tertiary/aromatic N) is 1. The summed E-state index contributed by atoms with van der Waals surface area (Å²) in [6, 6.07) is 0. The molecule has 0 atom stereocenters. The maximum absolute atomic E-state index is 11.4. The Balaban J connectivity index is 3.99. The molecule has 3 nitrogen and oxygen atoms in total. The molecule has 6 heteroatoms. The van der Waals surface area contributed by atoms with Gasteiger partial charge in [-0.05, 0) is 0 Å². The summed E-state index contributed by atoms with van der Waals surface area (Å²) in [5.74, 6) is 0. The summed E-state index contributed by atoms with van der Waals surface area (Å²) in [5, 5.41) is 9.50. The number of nitro groups is 1. The lowest BCUT2D eigenvalue weighted by Crippen LogP contribution is -2.18. The van der Waals surface area contributed by atoms with Crippen molar-refractivity contribution in [2.24, 2.45) is 0 Å². The molecule has 0 spiro atoms. The highest BCUT2D eigenvalue weighted by Crippen LogP contribution is 2.23. The summed E-state index contributed by atoms with van der Waals surface area (Å²) in [4.78, 5) is 8.43. The minimum absolute atomic E-state index is 1.07. The van der Waals surface area contributed by atoms with Crippen molar-refractivity contribution in [3.63, 3.8) is 0 Å². The molecule has 0 amide bonds. The van der Waals surface area contributed by atoms with Crippen molar-refractivity contribution in [1.29, 1.82) is 0 Å². The van der Waals surface area contributed by atoms with Crippen LogP contribution < -0.4 is 0 Å². The predicted molar refractivity (Wildman–Crippen MR) is 27.1 cm³/mol. The van der Waals surface area contributed by atoms with Crippen LogP contribution in [0.5, 0.6) is 0 Å². The second-order valence-corrected chi connectivity index (χ2v) is 1.59. The third kappa shape index (κ3) is 3.06. The van der Waals surface area contributed by atoms with E-state index in [9.17, 15) is 23.3 Å². The van der Waals surface area contributed by atoms with E-state index in [-0.39, 0.29) is 0 Å². The Bertz CT molecular complexity index is 162. The second kappa shape index (κ2) is 2.68. The molecule has 0 aromatic heterocycles. The lowest BCUT2D eigenvalue weighted by molar-refractivity contribution is -0.474. The topological polar surface area (TPSA) is 43.1 Å². The van der Waals surface area contributed by atoms with Crippen molar-refractivity contribution in [3.05, 3.63) is 22.3 Å². The highest BCUT2D eigenvalue weighted by Gasteiger charge is 2.34. The van der Waals surface area contributed by atoms with E-state index in [1.807, 2.05) is 0 Å². The zero-order valence-corrected chi connectivity index (χ0v) is 4.81. The summed E-state index contributed by atoms with van der Waals surface area (Å²) in [5.41, 5.74) is -1.34. The van der Waals surface area contributed by atoms with Gasteiger partial charge in [0.15, 0.2) is 0 Å². The molecule has 0 N–H and O–H groups in total. The first kappa shape index (κ1) is 8.93. The van der Waals surface area contributed by atoms with Crippen molar-refractivity contribution in [2.45, 2.75) is 6.18 Å². The van der Waals surface area contributed by atoms with Gasteiger partial charge < -0.3 is 0 Å². The van der Waals surface area contributed by atoms with Crippen LogP contribution in [0.3, 0.4) is 0 Å². The van der Waals surface area contributed by atoms with E-state index in [0.717, 1.165) is 0 Å². The monoisotopic (exact) mass is 155 g/mol. The number of halogens is 3. The summed E-state index contributed by atoms with van der Waals surface area (Å²) in [7, 11) is 0. The lowest BCUT2D eigenvalue weighted by atomic mass is 10.3. The molecule has 0 saturated carbocycles. The fraction of sp³-hybridized carbons (Fsp3) is 0.500. The Morgan fingerprint density at radius 3 is 2.10 bits per heavy atom. The molecule has 10 heavy (non-hydrogen) atoms. The molecule has 0 aromatic rings. The molecule has 0 unspecified atom stereocenters. The zero-order chi connectivity index (χ0) is 8.36. The average Bonchev–Trinajstić information content (AvgIpc) is 1.60. The minimum atomic E-state index is -4.65. The minimum Gasteiger partial charge on any atom is -0.264 e. The largest absolute Gasteiger partial charge is 0.418 e. The maximum Gasteiger partial charge on any atom is 0.418 e. The Morgan fingerprint density at radius 1 is 1.60 bits per heavy atom. The molecule has 0 aliphatic rings. The third-order valence-corrected chi connectivity index (χ3v) is 0.721. The van der Waals surface area contributed by atoms with Crippen LogP contribution in [-0.2, 0) is 0 Å². The summed E-state index contributed by atoms with van der Waals surface area (Å²) in [6.07, 6.45) is -4.65. The van der Waals surface area contributed by atoms with Crippen molar-refractivity contribution >= 4 is 0 Å². The molecule has 0 aliphatic carbocycles. The van der Waals surface area contributed by atoms with Gasteiger partial charge in [0.2, 0.25) is 6.54 Å². The Morgan fingerprint density at radius 2 is 2.00 bits per heavy atom. The molecule has 58 valence electrons. The molecule has 0 aliphatic heterocycles. The van der Waals surface area contributed by atoms with Crippen LogP contribution in [0.4, 0.5) is 13.2 Å². The molecule has 0 heterocycles. The lowest BCUT2D eigenvalue weighted by Gasteiger charge is -2.03. The molecule has 0 saturated heterocycles. The quantitative estimate of drug-likeness (QED) is 0.343. The summed E-state index contributed by atoms with van der Waals surface area (Å²) in [6.45, 7) is 1.25. The predicted octanol–water partition coefficient (Wildman–Crippen LogP) is 1.38. The van der Waals surface area contributed by atoms with Crippen LogP contribution in [0.2, 0.25) is 0 Å². The van der Waals surface area contributed by atoms with Crippen LogP contribution in [0.15, 0.2) is 12.2 Å². The van der Waals surface area contributed by atoms with Gasteiger partial charge in [-0.3, -0.25) is 10.1 Å². The Kier molecular flexibility index (Phi) is 2.39. The van der Waals surface area contributed by atoms with Crippen LogP contribution in [0.25, 0.3) is 0 Å². The molecule has 0 bridgehead atoms. The van der Waals surface area contributed by atoms with Crippen LogP contribution in [-0.4, -0.2) is 17.6 Å². The number of rotatable bonds is 2. The zero-order valence-electron chi connectivity index (χ0n) is 4.81. The van der Waals surface area contributed by atoms with Crippen molar-refractivity contribution in [1.82, 2.24) is 0 Å². The van der Waals surface area contributed by atoms with E-state index in [0.29, 0.717) is 0 Å². The van der Waals surface area contributed by atoms with Gasteiger partial charge in [-0.25, -0.2) is 0 Å². The number of hydrogen-bond donors (Lipinski definition) is 0. The van der Waals surface area contributed by atoms with Gasteiger partial charge in [0.05, 0.1) is 5.57 Å². The van der Waals surface area contributed by atoms with Crippen LogP contribution in [0, 0.1) is 10.1 Å². The van der Waals surface area contributed by atoms with E-state index < -0.39 is 23.2 Å². The van der Waals surface area contributed by atoms with Gasteiger partial charge in [0, 0.05) is 4.92 Å². The van der Waals surface area contributed by atoms with Crippen LogP contribution >= 0.6 is 0 Å². The van der Waals surface area contributed by atoms with E-state index in [1.54, 1.807) is 0 Å². The van der Waals surface area contributed by atoms with E-state index in [2.05, 4.69) is 6.58 Å². The number of hydrogen-bond acceptors (Lipinski definition) is 2. The summed E-state index contributed by atoms with van der Waals surface area (Å²) < 4.78 is 34.2. The van der Waals surface area contributed by atoms with Crippen molar-refractivity contribution < 1.29 is 18.1 Å². The molecule has 0 radical (unpaired) electrons. The Hall–Kier alpha value is -1.07. The van der Waals surface area contributed by atoms with Gasteiger partial charge in [-0.2, -0.15) is 13.2 Å². The molecular formula is C4H4F3NO2. The molecule has 0 rings (SSSR count). The average molecular weight is 155 g/mol. The van der Waals surface area contributed by atoms with Crippen molar-refractivity contribution in [2.75, 3.05) is 6.54 Å². The normalized spacial score (nSPS) is 11.1. The Labute approximate surface area is 54.3 Å². The third-order valence-electron chi connectivity index (χ3n) is 0.721. The van der Waals surface area contributed by atoms with E-state index in [1.165, 1.54) is 0 Å². The smallest absolute Gasteiger partial charge is 0.264 e. The van der Waals surface area contributed by atoms with Crippen molar-refractivity contribution in [3.8, 4) is 0 Å². The second-order valence-electron chi connectivity index (χ2n) is 1.59. The highest BCUT2D eigenvalue weighted by atomic mass is 19.4. The van der Waals surface area contributed by atoms with Gasteiger partial charge in [-0.15, -0.1) is 0 Å². The fourth-order valence-corrected chi connectivity index (χ4v) is 0.245. The molecular weight excluding hydrogens is 151 g/mol. The van der Waals surface area contributed by atoms with Crippen LogP contribution in [0.1, 0.15) is 0 Å². The first-order valence-corrected chi connectivity index (χ1v) is 2.21. The number of alkyl halides is 3. The van der Waals surface area contributed by atoms with E-state index >= 15 is 0 Å². The van der Waals surface area contributed by atoms with Gasteiger partial charge in [-0.1, -0.05) is 6.58 Å². The van der Waals surface area contributed by atoms with Gasteiger partial charge >= 0.3 is 6.18 Å². The molecule has 0 fully saturated rings. The van der Waals surface area contributed by atoms with E-state index in [4.69, 9.17) is 0 Å².